The Bertz CT molecular complexity index is 1030. The molecular weight excluding hydrogens is 429 g/mol. The summed E-state index contributed by atoms with van der Waals surface area (Å²) in [5.74, 6) is 0.130. The van der Waals surface area contributed by atoms with Gasteiger partial charge in [0.2, 0.25) is 5.91 Å². The molecule has 1 amide bonds. The van der Waals surface area contributed by atoms with E-state index in [4.69, 9.17) is 0 Å². The number of fused-ring (bicyclic) bond motifs is 2. The van der Waals surface area contributed by atoms with E-state index in [1.807, 2.05) is 24.3 Å². The van der Waals surface area contributed by atoms with Crippen LogP contribution in [0.5, 0.6) is 0 Å². The highest BCUT2D eigenvalue weighted by molar-refractivity contribution is 5.82. The Hall–Kier alpha value is -3.11. The maximum Gasteiger partial charge on any atom is 0.238 e. The lowest BCUT2D eigenvalue weighted by Crippen LogP contribution is -2.52. The van der Waals surface area contributed by atoms with Crippen molar-refractivity contribution in [3.8, 4) is 6.07 Å². The number of nitrogens with zero attached hydrogens (tertiary/aromatic N) is 3. The van der Waals surface area contributed by atoms with E-state index in [1.165, 1.54) is 12.1 Å². The van der Waals surface area contributed by atoms with Crippen LogP contribution in [-0.4, -0.2) is 50.2 Å². The third-order valence-corrected chi connectivity index (χ3v) is 7.56. The van der Waals surface area contributed by atoms with Gasteiger partial charge in [-0.2, -0.15) is 5.26 Å². The molecule has 0 radical (unpaired) electrons. The van der Waals surface area contributed by atoms with E-state index in [0.29, 0.717) is 17.5 Å². The molecule has 4 atom stereocenters. The van der Waals surface area contributed by atoms with Gasteiger partial charge in [-0.05, 0) is 61.4 Å². The number of anilines is 2. The summed E-state index contributed by atoms with van der Waals surface area (Å²) < 4.78 is 15.0. The van der Waals surface area contributed by atoms with Crippen LogP contribution >= 0.6 is 0 Å². The second-order valence-electron chi connectivity index (χ2n) is 9.81. The van der Waals surface area contributed by atoms with Crippen molar-refractivity contribution in [2.75, 3.05) is 36.0 Å². The summed E-state index contributed by atoms with van der Waals surface area (Å²) in [5, 5.41) is 15.8. The zero-order valence-electron chi connectivity index (χ0n) is 19.4. The predicted molar refractivity (Wildman–Crippen MR) is 131 cm³/mol. The van der Waals surface area contributed by atoms with Gasteiger partial charge < -0.3 is 20.4 Å². The lowest BCUT2D eigenvalue weighted by molar-refractivity contribution is -0.124. The Kier molecular flexibility index (Phi) is 6.68. The summed E-state index contributed by atoms with van der Waals surface area (Å²) in [4.78, 5) is 17.3. The summed E-state index contributed by atoms with van der Waals surface area (Å²) >= 11 is 0. The van der Waals surface area contributed by atoms with Gasteiger partial charge in [0.15, 0.2) is 0 Å². The summed E-state index contributed by atoms with van der Waals surface area (Å²) in [5.41, 5.74) is 2.52. The first-order valence-electron chi connectivity index (χ1n) is 12.4. The molecule has 5 rings (SSSR count). The van der Waals surface area contributed by atoms with E-state index in [2.05, 4.69) is 38.6 Å². The second kappa shape index (κ2) is 10.0. The van der Waals surface area contributed by atoms with Gasteiger partial charge in [0.05, 0.1) is 12.1 Å². The smallest absolute Gasteiger partial charge is 0.238 e. The van der Waals surface area contributed by atoms with Gasteiger partial charge in [-0.3, -0.25) is 4.79 Å². The average molecular weight is 462 g/mol. The Morgan fingerprint density at radius 1 is 1.06 bits per heavy atom. The van der Waals surface area contributed by atoms with Gasteiger partial charge in [-0.1, -0.05) is 24.3 Å². The number of benzene rings is 2. The highest BCUT2D eigenvalue weighted by Crippen LogP contribution is 2.34. The first-order valence-corrected chi connectivity index (χ1v) is 12.4. The van der Waals surface area contributed by atoms with Crippen LogP contribution in [0, 0.1) is 23.1 Å². The maximum absolute atomic E-state index is 15.0. The van der Waals surface area contributed by atoms with Crippen molar-refractivity contribution in [2.45, 2.75) is 50.2 Å². The molecule has 3 aliphatic rings. The molecule has 1 unspecified atom stereocenters. The molecule has 1 aliphatic carbocycles. The Balaban J connectivity index is 1.16. The SMILES string of the molecule is N#C[C@H](Cc1ccc(N2CCN(c3ccccc3)CC2)cc1F)NC(=O)[C@@H]1CC2CC[C@@H](C2)N1. The van der Waals surface area contributed by atoms with Crippen molar-refractivity contribution in [1.29, 1.82) is 5.26 Å². The molecule has 6 nitrogen and oxygen atoms in total. The molecule has 2 heterocycles. The third-order valence-electron chi connectivity index (χ3n) is 7.56. The van der Waals surface area contributed by atoms with E-state index in [9.17, 15) is 14.4 Å². The second-order valence-corrected chi connectivity index (χ2v) is 9.81. The van der Waals surface area contributed by atoms with Gasteiger partial charge in [0.1, 0.15) is 11.9 Å². The molecule has 1 saturated carbocycles. The molecular formula is C27H32FN5O. The number of hydrogen-bond acceptors (Lipinski definition) is 5. The van der Waals surface area contributed by atoms with Gasteiger partial charge in [-0.25, -0.2) is 4.39 Å². The standard InChI is InChI=1S/C27H32FN5O/c28-25-17-24(33-12-10-32(11-13-33)23-4-2-1-3-5-23)9-7-20(25)16-22(18-29)31-27(34)26-15-19-6-8-21(14-19)30-26/h1-5,7,9,17,19,21-22,26,30H,6,8,10-16H2,(H,31,34)/t19?,21-,22-,26-/m0/s1. The number of amides is 1. The number of carbonyl (C=O) groups is 1. The fourth-order valence-electron chi connectivity index (χ4n) is 5.69. The van der Waals surface area contributed by atoms with Crippen molar-refractivity contribution < 1.29 is 9.18 Å². The molecule has 34 heavy (non-hydrogen) atoms. The number of piperazine rings is 1. The highest BCUT2D eigenvalue weighted by Gasteiger charge is 2.37. The molecule has 0 aromatic heterocycles. The maximum atomic E-state index is 15.0. The van der Waals surface area contributed by atoms with Crippen LogP contribution in [0.2, 0.25) is 0 Å². The summed E-state index contributed by atoms with van der Waals surface area (Å²) in [6.45, 7) is 3.40. The fraction of sp³-hybridized carbons (Fsp3) is 0.481. The Morgan fingerprint density at radius 2 is 1.79 bits per heavy atom. The zero-order chi connectivity index (χ0) is 23.5. The number of nitrogens with one attached hydrogen (secondary N) is 2. The van der Waals surface area contributed by atoms with Crippen molar-refractivity contribution in [3.63, 3.8) is 0 Å². The molecule has 2 N–H and O–H groups in total. The lowest BCUT2D eigenvalue weighted by Gasteiger charge is -2.37. The predicted octanol–water partition coefficient (Wildman–Crippen LogP) is 3.23. The number of nitriles is 1. The number of hydrogen-bond donors (Lipinski definition) is 2. The minimum atomic E-state index is -0.747. The summed E-state index contributed by atoms with van der Waals surface area (Å²) in [6, 6.07) is 17.1. The average Bonchev–Trinajstić information content (AvgIpc) is 3.22. The minimum Gasteiger partial charge on any atom is -0.368 e. The zero-order valence-corrected chi connectivity index (χ0v) is 19.4. The van der Waals surface area contributed by atoms with Crippen molar-refractivity contribution in [2.24, 2.45) is 5.92 Å². The third kappa shape index (κ3) is 5.02. The monoisotopic (exact) mass is 461 g/mol. The molecule has 2 aromatic carbocycles. The van der Waals surface area contributed by atoms with Crippen molar-refractivity contribution in [3.05, 3.63) is 59.9 Å². The molecule has 3 fully saturated rings. The van der Waals surface area contributed by atoms with Crippen LogP contribution < -0.4 is 20.4 Å². The van der Waals surface area contributed by atoms with E-state index < -0.39 is 6.04 Å². The van der Waals surface area contributed by atoms with Gasteiger partial charge in [-0.15, -0.1) is 0 Å². The van der Waals surface area contributed by atoms with E-state index in [-0.39, 0.29) is 24.2 Å². The van der Waals surface area contributed by atoms with E-state index in [1.54, 1.807) is 12.1 Å². The van der Waals surface area contributed by atoms with Gasteiger partial charge in [0, 0.05) is 50.0 Å². The van der Waals surface area contributed by atoms with Crippen LogP contribution in [0.3, 0.4) is 0 Å². The molecule has 2 aliphatic heterocycles. The van der Waals surface area contributed by atoms with E-state index >= 15 is 0 Å². The first kappa shape index (κ1) is 22.7. The number of para-hydroxylation sites is 1. The first-order chi connectivity index (χ1) is 16.6. The van der Waals surface area contributed by atoms with Crippen LogP contribution in [0.1, 0.15) is 31.2 Å². The lowest BCUT2D eigenvalue weighted by atomic mass is 9.93. The molecule has 0 spiro atoms. The molecule has 2 aromatic rings. The highest BCUT2D eigenvalue weighted by atomic mass is 19.1. The fourth-order valence-corrected chi connectivity index (χ4v) is 5.69. The molecule has 2 saturated heterocycles. The summed E-state index contributed by atoms with van der Waals surface area (Å²) in [7, 11) is 0. The number of piperidine rings is 1. The van der Waals surface area contributed by atoms with Crippen LogP contribution in [-0.2, 0) is 11.2 Å². The van der Waals surface area contributed by atoms with E-state index in [0.717, 1.165) is 51.1 Å². The number of halogens is 1. The Morgan fingerprint density at radius 3 is 2.47 bits per heavy atom. The molecule has 7 heteroatoms. The van der Waals surface area contributed by atoms with Crippen molar-refractivity contribution >= 4 is 17.3 Å². The normalized spacial score (nSPS) is 25.0. The minimum absolute atomic E-state index is 0.142. The largest absolute Gasteiger partial charge is 0.368 e. The molecule has 2 bridgehead atoms. The number of rotatable bonds is 6. The van der Waals surface area contributed by atoms with Crippen LogP contribution in [0.15, 0.2) is 48.5 Å². The molecule has 178 valence electrons. The van der Waals surface area contributed by atoms with Gasteiger partial charge in [0.25, 0.3) is 0 Å². The van der Waals surface area contributed by atoms with Gasteiger partial charge >= 0.3 is 0 Å². The van der Waals surface area contributed by atoms with Crippen LogP contribution in [0.4, 0.5) is 15.8 Å². The van der Waals surface area contributed by atoms with Crippen LogP contribution in [0.25, 0.3) is 0 Å². The summed E-state index contributed by atoms with van der Waals surface area (Å²) in [6.07, 6.45) is 4.41. The Labute approximate surface area is 200 Å². The van der Waals surface area contributed by atoms with Crippen molar-refractivity contribution in [1.82, 2.24) is 10.6 Å². The topological polar surface area (TPSA) is 71.4 Å². The number of carbonyl (C=O) groups excluding carboxylic acids is 1. The quantitative estimate of drug-likeness (QED) is 0.691.